The van der Waals surface area contributed by atoms with Crippen LogP contribution in [0.2, 0.25) is 0 Å². The molecule has 0 unspecified atom stereocenters. The van der Waals surface area contributed by atoms with Gasteiger partial charge in [-0.05, 0) is 114 Å². The molecule has 6 rings (SSSR count). The average molecular weight is 827 g/mol. The zero-order valence-corrected chi connectivity index (χ0v) is 34.9. The van der Waals surface area contributed by atoms with Crippen LogP contribution in [0.1, 0.15) is 125 Å². The summed E-state index contributed by atoms with van der Waals surface area (Å²) in [5, 5.41) is 6.33. The largest absolute Gasteiger partial charge is 0.370 e. The second kappa shape index (κ2) is 18.9. The summed E-state index contributed by atoms with van der Waals surface area (Å²) in [6.45, 7) is 2.17. The summed E-state index contributed by atoms with van der Waals surface area (Å²) >= 11 is 1.15. The Balaban J connectivity index is 1.21. The van der Waals surface area contributed by atoms with E-state index in [0.29, 0.717) is 55.3 Å². The Kier molecular flexibility index (Phi) is 14.2. The van der Waals surface area contributed by atoms with E-state index in [9.17, 15) is 37.5 Å². The van der Waals surface area contributed by atoms with Crippen LogP contribution < -0.4 is 16.4 Å². The number of fused-ring (bicyclic) bond motifs is 2. The van der Waals surface area contributed by atoms with E-state index in [4.69, 9.17) is 5.73 Å². The molecular weight excluding hydrogens is 767 g/mol. The van der Waals surface area contributed by atoms with Crippen molar-refractivity contribution in [2.24, 2.45) is 17.6 Å². The molecule has 0 bridgehead atoms. The number of nitrogens with zero attached hydrogens (tertiary/aromatic N) is 3. The highest BCUT2D eigenvalue weighted by Gasteiger charge is 2.46. The highest BCUT2D eigenvalue weighted by molar-refractivity contribution is 7.20. The third kappa shape index (κ3) is 10.4. The van der Waals surface area contributed by atoms with Crippen molar-refractivity contribution >= 4 is 56.7 Å². The number of nitrogens with one attached hydrogen (secondary N) is 2. The second-order valence-electron chi connectivity index (χ2n) is 17.3. The number of amides is 5. The molecule has 12 nitrogen and oxygen atoms in total. The van der Waals surface area contributed by atoms with Crippen LogP contribution >= 0.6 is 11.3 Å². The molecule has 2 aromatic rings. The number of hydrogen-bond acceptors (Lipinski definition) is 8. The lowest BCUT2D eigenvalue weighted by Gasteiger charge is -2.39. The lowest BCUT2D eigenvalue weighted by Crippen LogP contribution is -2.59. The van der Waals surface area contributed by atoms with Gasteiger partial charge in [-0.2, -0.15) is 0 Å². The summed E-state index contributed by atoms with van der Waals surface area (Å²) in [5.41, 5.74) is 5.37. The van der Waals surface area contributed by atoms with Crippen molar-refractivity contribution < 1.29 is 37.5 Å². The van der Waals surface area contributed by atoms with E-state index in [1.165, 1.54) is 12.1 Å². The Morgan fingerprint density at radius 1 is 0.948 bits per heavy atom. The van der Waals surface area contributed by atoms with Crippen molar-refractivity contribution in [2.75, 3.05) is 27.2 Å². The van der Waals surface area contributed by atoms with Gasteiger partial charge in [-0.15, -0.1) is 11.3 Å². The van der Waals surface area contributed by atoms with Crippen LogP contribution in [0.5, 0.6) is 0 Å². The first-order chi connectivity index (χ1) is 27.6. The first kappa shape index (κ1) is 43.6. The second-order valence-corrected chi connectivity index (χ2v) is 18.4. The van der Waals surface area contributed by atoms with E-state index in [1.807, 2.05) is 19.0 Å². The SMILES string of the molecule is CN(C)[C@H]1CC[C@H](NC(=O)c2cc3cc(C(C)(F)F)ccc3s2)C(=O)N2[C@H](CC[C@H]2C(=O)N[C@@H](CCC(N)=O)C(=O)C[C@H](C(=O)N2CCCCC2)C2CCCCC2)C1. The van der Waals surface area contributed by atoms with Crippen LogP contribution in [0.4, 0.5) is 8.78 Å². The number of thiophene rings is 1. The van der Waals surface area contributed by atoms with Crippen molar-refractivity contribution in [1.29, 1.82) is 0 Å². The average Bonchev–Trinajstić information content (AvgIpc) is 3.82. The topological polar surface area (TPSA) is 162 Å². The first-order valence-electron chi connectivity index (χ1n) is 21.2. The molecule has 4 fully saturated rings. The highest BCUT2D eigenvalue weighted by atomic mass is 32.1. The van der Waals surface area contributed by atoms with Gasteiger partial charge >= 0.3 is 0 Å². The fourth-order valence-electron chi connectivity index (χ4n) is 9.63. The summed E-state index contributed by atoms with van der Waals surface area (Å²) in [7, 11) is 3.92. The Morgan fingerprint density at radius 2 is 1.66 bits per heavy atom. The maximum Gasteiger partial charge on any atom is 0.270 e. The van der Waals surface area contributed by atoms with Crippen molar-refractivity contribution in [1.82, 2.24) is 25.3 Å². The number of halogens is 2. The number of hydrogen-bond donors (Lipinski definition) is 3. The maximum absolute atomic E-state index is 14.5. The fraction of sp³-hybridized carbons (Fsp3) is 0.674. The van der Waals surface area contributed by atoms with Crippen molar-refractivity contribution in [3.8, 4) is 0 Å². The minimum Gasteiger partial charge on any atom is -0.370 e. The lowest BCUT2D eigenvalue weighted by molar-refractivity contribution is -0.144. The van der Waals surface area contributed by atoms with Crippen molar-refractivity contribution in [3.05, 3.63) is 34.7 Å². The quantitative estimate of drug-likeness (QED) is 0.227. The van der Waals surface area contributed by atoms with Gasteiger partial charge in [-0.1, -0.05) is 25.3 Å². The Bertz CT molecular complexity index is 1840. The number of primary amides is 1. The molecule has 0 radical (unpaired) electrons. The fourth-order valence-corrected chi connectivity index (χ4v) is 10.6. The molecule has 1 aromatic heterocycles. The number of Topliss-reactive ketones (excluding diaryl/α,β-unsaturated/α-hetero) is 1. The summed E-state index contributed by atoms with van der Waals surface area (Å²) in [5.74, 6) is -5.84. The first-order valence-corrected chi connectivity index (χ1v) is 22.0. The van der Waals surface area contributed by atoms with E-state index in [-0.39, 0.29) is 59.4 Å². The summed E-state index contributed by atoms with van der Waals surface area (Å²) < 4.78 is 28.8. The molecule has 4 aliphatic rings. The molecule has 4 N–H and O–H groups in total. The molecule has 318 valence electrons. The molecule has 5 amide bonds. The predicted molar refractivity (Wildman–Crippen MR) is 218 cm³/mol. The van der Waals surface area contributed by atoms with Crippen LogP contribution in [0.3, 0.4) is 0 Å². The van der Waals surface area contributed by atoms with E-state index in [0.717, 1.165) is 69.6 Å². The van der Waals surface area contributed by atoms with E-state index in [1.54, 1.807) is 17.0 Å². The van der Waals surface area contributed by atoms with Crippen molar-refractivity contribution in [2.45, 2.75) is 146 Å². The lowest BCUT2D eigenvalue weighted by atomic mass is 9.76. The number of carbonyl (C=O) groups excluding carboxylic acids is 6. The normalized spacial score (nSPS) is 24.5. The summed E-state index contributed by atoms with van der Waals surface area (Å²) in [6.07, 6.45) is 10.00. The summed E-state index contributed by atoms with van der Waals surface area (Å²) in [6, 6.07) is 2.62. The zero-order chi connectivity index (χ0) is 41.7. The van der Waals surface area contributed by atoms with Crippen molar-refractivity contribution in [3.63, 3.8) is 0 Å². The smallest absolute Gasteiger partial charge is 0.270 e. The number of rotatable bonds is 14. The standard InChI is InChI=1S/C43H60F2N6O6S/c1-43(44,45)28-12-18-36-27(22-28)23-37(58-36)40(55)48-33-15-13-29(49(2)3)24-30-14-17-34(51(30)42(33)57)39(54)47-32(16-19-38(46)53)35(52)25-31(26-10-6-4-7-11-26)41(56)50-20-8-5-9-21-50/h12,18,22-23,26,29-34H,4-11,13-17,19-21,24-25H2,1-3H3,(H2,46,53)(H,47,54)(H,48,55)/t29-,30+,31-,32-,33-,34-/m0/s1. The minimum atomic E-state index is -3.04. The van der Waals surface area contributed by atoms with Gasteiger partial charge in [0.1, 0.15) is 12.1 Å². The molecule has 3 saturated heterocycles. The summed E-state index contributed by atoms with van der Waals surface area (Å²) in [4.78, 5) is 88.6. The van der Waals surface area contributed by atoms with Gasteiger partial charge in [-0.3, -0.25) is 28.8 Å². The van der Waals surface area contributed by atoms with Gasteiger partial charge in [0.2, 0.25) is 23.6 Å². The number of piperidine rings is 1. The molecule has 15 heteroatoms. The molecule has 58 heavy (non-hydrogen) atoms. The molecule has 1 saturated carbocycles. The van der Waals surface area contributed by atoms with Gasteiger partial charge in [0, 0.05) is 61.1 Å². The predicted octanol–water partition coefficient (Wildman–Crippen LogP) is 5.50. The molecular formula is C43H60F2N6O6S. The van der Waals surface area contributed by atoms with Gasteiger partial charge in [0.25, 0.3) is 11.8 Å². The number of nitrogens with two attached hydrogens (primary N) is 1. The zero-order valence-electron chi connectivity index (χ0n) is 34.1. The highest BCUT2D eigenvalue weighted by Crippen LogP contribution is 2.37. The van der Waals surface area contributed by atoms with Crippen LogP contribution in [-0.2, 0) is 29.9 Å². The number of carbonyl (C=O) groups is 6. The van der Waals surface area contributed by atoms with Gasteiger partial charge in [-0.25, -0.2) is 8.78 Å². The van der Waals surface area contributed by atoms with Crippen LogP contribution in [0, 0.1) is 11.8 Å². The van der Waals surface area contributed by atoms with Gasteiger partial charge in [0.05, 0.1) is 10.9 Å². The number of ketones is 1. The molecule has 1 aromatic carbocycles. The van der Waals surface area contributed by atoms with Gasteiger partial charge < -0.3 is 31.1 Å². The molecule has 1 aliphatic carbocycles. The maximum atomic E-state index is 14.5. The molecule has 4 heterocycles. The molecule has 6 atom stereocenters. The Hall–Kier alpha value is -3.98. The van der Waals surface area contributed by atoms with Crippen LogP contribution in [-0.4, -0.2) is 107 Å². The third-order valence-electron chi connectivity index (χ3n) is 13.0. The van der Waals surface area contributed by atoms with E-state index >= 15 is 0 Å². The monoisotopic (exact) mass is 826 g/mol. The third-order valence-corrected chi connectivity index (χ3v) is 14.1. The van der Waals surface area contributed by atoms with Crippen LogP contribution in [0.15, 0.2) is 24.3 Å². The number of benzene rings is 1. The Labute approximate surface area is 344 Å². The number of alkyl halides is 2. The molecule has 0 spiro atoms. The van der Waals surface area contributed by atoms with E-state index < -0.39 is 53.6 Å². The number of likely N-dealkylation sites (tertiary alicyclic amines) is 1. The van der Waals surface area contributed by atoms with Crippen LogP contribution in [0.25, 0.3) is 10.1 Å². The van der Waals surface area contributed by atoms with E-state index in [2.05, 4.69) is 15.5 Å². The van der Waals surface area contributed by atoms with Gasteiger partial charge in [0.15, 0.2) is 5.78 Å². The Morgan fingerprint density at radius 3 is 2.33 bits per heavy atom. The molecule has 3 aliphatic heterocycles. The minimum absolute atomic E-state index is 0.00349.